The summed E-state index contributed by atoms with van der Waals surface area (Å²) >= 11 is 0. The van der Waals surface area contributed by atoms with Crippen molar-refractivity contribution >= 4 is 0 Å². The highest BCUT2D eigenvalue weighted by Crippen LogP contribution is 2.25. The lowest BCUT2D eigenvalue weighted by atomic mass is 10.0. The Morgan fingerprint density at radius 3 is 2.35 bits per heavy atom. The Bertz CT molecular complexity index is 335. The number of hydrogen-bond acceptors (Lipinski definition) is 2. The van der Waals surface area contributed by atoms with Gasteiger partial charge in [-0.15, -0.1) is 0 Å². The molecule has 1 unspecified atom stereocenters. The Balaban J connectivity index is 2.65. The fourth-order valence-corrected chi connectivity index (χ4v) is 2.32. The van der Waals surface area contributed by atoms with Crippen LogP contribution in [0.15, 0.2) is 24.3 Å². The van der Waals surface area contributed by atoms with E-state index in [0.29, 0.717) is 12.1 Å². The van der Waals surface area contributed by atoms with Crippen molar-refractivity contribution in [1.82, 2.24) is 5.32 Å². The van der Waals surface area contributed by atoms with Crippen molar-refractivity contribution in [2.45, 2.75) is 46.2 Å². The van der Waals surface area contributed by atoms with Crippen LogP contribution in [0.5, 0.6) is 5.75 Å². The van der Waals surface area contributed by atoms with Gasteiger partial charge in [-0.1, -0.05) is 32.0 Å². The molecule has 0 saturated heterocycles. The maximum atomic E-state index is 5.39. The summed E-state index contributed by atoms with van der Waals surface area (Å²) in [5.74, 6) is 1.69. The van der Waals surface area contributed by atoms with E-state index in [1.165, 1.54) is 12.0 Å². The second-order valence-electron chi connectivity index (χ2n) is 5.16. The molecule has 96 valence electrons. The van der Waals surface area contributed by atoms with Crippen molar-refractivity contribution < 1.29 is 4.74 Å². The zero-order valence-corrected chi connectivity index (χ0v) is 11.7. The second kappa shape index (κ2) is 6.65. The van der Waals surface area contributed by atoms with Gasteiger partial charge in [0.15, 0.2) is 0 Å². The summed E-state index contributed by atoms with van der Waals surface area (Å²) in [6.07, 6.45) is 1.19. The van der Waals surface area contributed by atoms with Crippen molar-refractivity contribution in [3.63, 3.8) is 0 Å². The van der Waals surface area contributed by atoms with Gasteiger partial charge in [-0.05, 0) is 32.3 Å². The average molecular weight is 235 g/mol. The summed E-state index contributed by atoms with van der Waals surface area (Å²) in [5, 5.41) is 3.62. The van der Waals surface area contributed by atoms with Crippen LogP contribution in [0.2, 0.25) is 0 Å². The van der Waals surface area contributed by atoms with Gasteiger partial charge in [0.25, 0.3) is 0 Å². The molecule has 0 fully saturated rings. The van der Waals surface area contributed by atoms with E-state index in [2.05, 4.69) is 45.1 Å². The van der Waals surface area contributed by atoms with E-state index >= 15 is 0 Å². The molecule has 1 aromatic carbocycles. The minimum Gasteiger partial charge on any atom is -0.496 e. The molecule has 1 rings (SSSR count). The molecule has 0 aliphatic heterocycles. The Morgan fingerprint density at radius 1 is 1.12 bits per heavy atom. The number of benzene rings is 1. The fraction of sp³-hybridized carbons (Fsp3) is 0.600. The van der Waals surface area contributed by atoms with Crippen LogP contribution in [0.4, 0.5) is 0 Å². The molecule has 17 heavy (non-hydrogen) atoms. The van der Waals surface area contributed by atoms with Crippen molar-refractivity contribution in [3.05, 3.63) is 29.8 Å². The Kier molecular flexibility index (Phi) is 5.49. The van der Waals surface area contributed by atoms with Crippen molar-refractivity contribution in [3.8, 4) is 5.75 Å². The minimum absolute atomic E-state index is 0.319. The molecule has 0 aliphatic rings. The quantitative estimate of drug-likeness (QED) is 0.810. The number of ether oxygens (including phenoxy) is 1. The van der Waals surface area contributed by atoms with Crippen LogP contribution in [-0.2, 0) is 0 Å². The van der Waals surface area contributed by atoms with Crippen molar-refractivity contribution in [1.29, 1.82) is 0 Å². The molecule has 2 heteroatoms. The van der Waals surface area contributed by atoms with Crippen LogP contribution in [0.3, 0.4) is 0 Å². The SMILES string of the molecule is COc1ccccc1[C@@H](C)NC(C)CC(C)C. The van der Waals surface area contributed by atoms with Gasteiger partial charge in [0.2, 0.25) is 0 Å². The zero-order valence-electron chi connectivity index (χ0n) is 11.7. The average Bonchev–Trinajstić information content (AvgIpc) is 2.27. The number of methoxy groups -OCH3 is 1. The van der Waals surface area contributed by atoms with E-state index in [0.717, 1.165) is 11.7 Å². The predicted molar refractivity (Wildman–Crippen MR) is 73.5 cm³/mol. The summed E-state index contributed by atoms with van der Waals surface area (Å²) in [7, 11) is 1.73. The maximum absolute atomic E-state index is 5.39. The molecule has 0 spiro atoms. The van der Waals surface area contributed by atoms with E-state index in [9.17, 15) is 0 Å². The lowest BCUT2D eigenvalue weighted by Crippen LogP contribution is -2.30. The Labute approximate surface area is 105 Å². The predicted octanol–water partition coefficient (Wildman–Crippen LogP) is 3.78. The highest BCUT2D eigenvalue weighted by molar-refractivity contribution is 5.35. The lowest BCUT2D eigenvalue weighted by molar-refractivity contribution is 0.380. The molecule has 0 saturated carbocycles. The maximum Gasteiger partial charge on any atom is 0.123 e. The van der Waals surface area contributed by atoms with E-state index < -0.39 is 0 Å². The molecule has 0 bridgehead atoms. The largest absolute Gasteiger partial charge is 0.496 e. The Hall–Kier alpha value is -1.02. The summed E-state index contributed by atoms with van der Waals surface area (Å²) in [5.41, 5.74) is 1.23. The zero-order chi connectivity index (χ0) is 12.8. The topological polar surface area (TPSA) is 21.3 Å². The van der Waals surface area contributed by atoms with E-state index in [4.69, 9.17) is 4.74 Å². The van der Waals surface area contributed by atoms with E-state index in [1.807, 2.05) is 12.1 Å². The van der Waals surface area contributed by atoms with Gasteiger partial charge in [0.1, 0.15) is 5.75 Å². The number of nitrogens with one attached hydrogen (secondary N) is 1. The molecular formula is C15H25NO. The molecule has 2 atom stereocenters. The molecule has 0 radical (unpaired) electrons. The standard InChI is InChI=1S/C15H25NO/c1-11(2)10-12(3)16-13(4)14-8-6-7-9-15(14)17-5/h6-9,11-13,16H,10H2,1-5H3/t12?,13-/m1/s1. The lowest BCUT2D eigenvalue weighted by Gasteiger charge is -2.23. The normalized spacial score (nSPS) is 14.7. The van der Waals surface area contributed by atoms with Crippen LogP contribution in [-0.4, -0.2) is 13.2 Å². The van der Waals surface area contributed by atoms with Gasteiger partial charge in [-0.2, -0.15) is 0 Å². The highest BCUT2D eigenvalue weighted by Gasteiger charge is 2.13. The summed E-state index contributed by atoms with van der Waals surface area (Å²) in [4.78, 5) is 0. The van der Waals surface area contributed by atoms with Crippen LogP contribution >= 0.6 is 0 Å². The first kappa shape index (κ1) is 14.0. The van der Waals surface area contributed by atoms with Gasteiger partial charge in [0, 0.05) is 17.6 Å². The van der Waals surface area contributed by atoms with E-state index in [-0.39, 0.29) is 0 Å². The molecule has 1 N–H and O–H groups in total. The summed E-state index contributed by atoms with van der Waals surface area (Å²) < 4.78 is 5.39. The molecule has 1 aromatic rings. The van der Waals surface area contributed by atoms with Crippen LogP contribution < -0.4 is 10.1 Å². The van der Waals surface area contributed by atoms with Gasteiger partial charge < -0.3 is 10.1 Å². The Morgan fingerprint density at radius 2 is 1.76 bits per heavy atom. The minimum atomic E-state index is 0.319. The van der Waals surface area contributed by atoms with Crippen molar-refractivity contribution in [2.24, 2.45) is 5.92 Å². The molecule has 0 aliphatic carbocycles. The number of para-hydroxylation sites is 1. The van der Waals surface area contributed by atoms with Gasteiger partial charge in [-0.25, -0.2) is 0 Å². The molecule has 0 amide bonds. The molecule has 2 nitrogen and oxygen atoms in total. The van der Waals surface area contributed by atoms with E-state index in [1.54, 1.807) is 7.11 Å². The van der Waals surface area contributed by atoms with Crippen LogP contribution in [0.1, 0.15) is 45.7 Å². The van der Waals surface area contributed by atoms with Crippen LogP contribution in [0.25, 0.3) is 0 Å². The summed E-state index contributed by atoms with van der Waals surface area (Å²) in [6, 6.07) is 9.05. The first-order valence-electron chi connectivity index (χ1n) is 6.43. The monoisotopic (exact) mass is 235 g/mol. The molecule has 0 heterocycles. The third-order valence-corrected chi connectivity index (χ3v) is 2.96. The van der Waals surface area contributed by atoms with Gasteiger partial charge >= 0.3 is 0 Å². The highest BCUT2D eigenvalue weighted by atomic mass is 16.5. The second-order valence-corrected chi connectivity index (χ2v) is 5.16. The smallest absolute Gasteiger partial charge is 0.123 e. The first-order valence-corrected chi connectivity index (χ1v) is 6.43. The van der Waals surface area contributed by atoms with Crippen LogP contribution in [0, 0.1) is 5.92 Å². The molecular weight excluding hydrogens is 210 g/mol. The van der Waals surface area contributed by atoms with Gasteiger partial charge in [-0.3, -0.25) is 0 Å². The van der Waals surface area contributed by atoms with Gasteiger partial charge in [0.05, 0.1) is 7.11 Å². The number of rotatable bonds is 6. The number of hydrogen-bond donors (Lipinski definition) is 1. The van der Waals surface area contributed by atoms with Crippen molar-refractivity contribution in [2.75, 3.05) is 7.11 Å². The molecule has 0 aromatic heterocycles. The fourth-order valence-electron chi connectivity index (χ4n) is 2.32. The first-order chi connectivity index (χ1) is 8.04. The summed E-state index contributed by atoms with van der Waals surface area (Å²) in [6.45, 7) is 8.94. The third kappa shape index (κ3) is 4.39. The third-order valence-electron chi connectivity index (χ3n) is 2.96.